The van der Waals surface area contributed by atoms with Gasteiger partial charge in [-0.3, -0.25) is 0 Å². The molecule has 1 unspecified atom stereocenters. The van der Waals surface area contributed by atoms with Gasteiger partial charge in [0.1, 0.15) is 6.17 Å². The van der Waals surface area contributed by atoms with Crippen LogP contribution in [0.25, 0.3) is 0 Å². The van der Waals surface area contributed by atoms with Crippen molar-refractivity contribution in [3.8, 4) is 0 Å². The Hall–Kier alpha value is -1.50. The minimum absolute atomic E-state index is 0.279. The SMILES string of the molecule is OB(O)C/C=C/CN1C2=C(C=CCC=C2)NC1C1CCNCC1. The van der Waals surface area contributed by atoms with Crippen LogP contribution in [0.5, 0.6) is 0 Å². The monoisotopic (exact) mass is 315 g/mol. The summed E-state index contributed by atoms with van der Waals surface area (Å²) in [5, 5.41) is 25.1. The Balaban J connectivity index is 1.74. The van der Waals surface area contributed by atoms with Crippen LogP contribution in [-0.2, 0) is 0 Å². The van der Waals surface area contributed by atoms with Crippen molar-refractivity contribution in [1.29, 1.82) is 0 Å². The van der Waals surface area contributed by atoms with Gasteiger partial charge in [-0.1, -0.05) is 24.3 Å². The van der Waals surface area contributed by atoms with Crippen molar-refractivity contribution in [2.45, 2.75) is 31.7 Å². The largest absolute Gasteiger partial charge is 0.455 e. The molecule has 23 heavy (non-hydrogen) atoms. The summed E-state index contributed by atoms with van der Waals surface area (Å²) in [7, 11) is -1.27. The van der Waals surface area contributed by atoms with E-state index in [0.29, 0.717) is 12.1 Å². The first-order valence-corrected chi connectivity index (χ1v) is 8.58. The van der Waals surface area contributed by atoms with Gasteiger partial charge < -0.3 is 25.6 Å². The van der Waals surface area contributed by atoms with Crippen LogP contribution in [0.2, 0.25) is 6.32 Å². The summed E-state index contributed by atoms with van der Waals surface area (Å²) in [5.41, 5.74) is 2.45. The third kappa shape index (κ3) is 4.08. The average Bonchev–Trinajstić information content (AvgIpc) is 2.74. The van der Waals surface area contributed by atoms with E-state index < -0.39 is 7.12 Å². The molecule has 0 bridgehead atoms. The highest BCUT2D eigenvalue weighted by Gasteiger charge is 2.34. The molecule has 124 valence electrons. The van der Waals surface area contributed by atoms with Crippen LogP contribution < -0.4 is 10.6 Å². The summed E-state index contributed by atoms with van der Waals surface area (Å²) in [5.74, 6) is 0.627. The summed E-state index contributed by atoms with van der Waals surface area (Å²) in [6.45, 7) is 2.95. The van der Waals surface area contributed by atoms with Crippen LogP contribution in [0.3, 0.4) is 0 Å². The van der Waals surface area contributed by atoms with Gasteiger partial charge in [0.2, 0.25) is 0 Å². The summed E-state index contributed by atoms with van der Waals surface area (Å²) < 4.78 is 0. The normalized spacial score (nSPS) is 25.0. The van der Waals surface area contributed by atoms with Gasteiger partial charge in [0, 0.05) is 12.5 Å². The first-order valence-electron chi connectivity index (χ1n) is 8.58. The Morgan fingerprint density at radius 1 is 1.17 bits per heavy atom. The van der Waals surface area contributed by atoms with Crippen LogP contribution in [0.4, 0.5) is 0 Å². The molecule has 0 aromatic heterocycles. The van der Waals surface area contributed by atoms with E-state index in [1.807, 2.05) is 12.2 Å². The van der Waals surface area contributed by atoms with E-state index in [9.17, 15) is 0 Å². The van der Waals surface area contributed by atoms with Crippen molar-refractivity contribution in [3.05, 3.63) is 47.9 Å². The molecular formula is C17H26BN3O2. The first-order chi connectivity index (χ1) is 11.3. The fourth-order valence-corrected chi connectivity index (χ4v) is 3.53. The lowest BCUT2D eigenvalue weighted by Gasteiger charge is -2.36. The van der Waals surface area contributed by atoms with Gasteiger partial charge in [-0.05, 0) is 50.8 Å². The second-order valence-electron chi connectivity index (χ2n) is 6.36. The Morgan fingerprint density at radius 3 is 2.74 bits per heavy atom. The predicted octanol–water partition coefficient (Wildman–Crippen LogP) is 0.974. The zero-order chi connectivity index (χ0) is 16.1. The number of hydrogen-bond acceptors (Lipinski definition) is 5. The molecule has 0 radical (unpaired) electrons. The maximum Gasteiger partial charge on any atom is 0.455 e. The molecule has 1 fully saturated rings. The van der Waals surface area contributed by atoms with Crippen LogP contribution in [-0.4, -0.2) is 47.9 Å². The second-order valence-corrected chi connectivity index (χ2v) is 6.36. The molecule has 3 rings (SSSR count). The molecular weight excluding hydrogens is 289 g/mol. The molecule has 6 heteroatoms. The van der Waals surface area contributed by atoms with Crippen LogP contribution in [0.1, 0.15) is 19.3 Å². The smallest absolute Gasteiger partial charge is 0.427 e. The summed E-state index contributed by atoms with van der Waals surface area (Å²) in [6.07, 6.45) is 16.6. The van der Waals surface area contributed by atoms with Crippen molar-refractivity contribution in [2.24, 2.45) is 5.92 Å². The molecule has 2 aliphatic heterocycles. The molecule has 2 heterocycles. The highest BCUT2D eigenvalue weighted by Crippen LogP contribution is 2.31. The van der Waals surface area contributed by atoms with Gasteiger partial charge >= 0.3 is 7.12 Å². The minimum Gasteiger partial charge on any atom is -0.427 e. The topological polar surface area (TPSA) is 67.8 Å². The highest BCUT2D eigenvalue weighted by atomic mass is 16.4. The average molecular weight is 315 g/mol. The molecule has 0 aromatic carbocycles. The Bertz CT molecular complexity index is 522. The lowest BCUT2D eigenvalue weighted by Crippen LogP contribution is -2.47. The second kappa shape index (κ2) is 7.86. The zero-order valence-electron chi connectivity index (χ0n) is 13.5. The fraction of sp³-hybridized carbons (Fsp3) is 0.529. The van der Waals surface area contributed by atoms with E-state index in [4.69, 9.17) is 10.0 Å². The Morgan fingerprint density at radius 2 is 1.96 bits per heavy atom. The zero-order valence-corrected chi connectivity index (χ0v) is 13.5. The van der Waals surface area contributed by atoms with Crippen molar-refractivity contribution in [3.63, 3.8) is 0 Å². The molecule has 0 spiro atoms. The van der Waals surface area contributed by atoms with Gasteiger partial charge in [-0.2, -0.15) is 0 Å². The molecule has 4 N–H and O–H groups in total. The van der Waals surface area contributed by atoms with E-state index in [0.717, 1.165) is 26.1 Å². The van der Waals surface area contributed by atoms with E-state index in [2.05, 4.69) is 39.8 Å². The van der Waals surface area contributed by atoms with Gasteiger partial charge in [0.15, 0.2) is 0 Å². The predicted molar refractivity (Wildman–Crippen MR) is 93.3 cm³/mol. The molecule has 1 saturated heterocycles. The van der Waals surface area contributed by atoms with E-state index >= 15 is 0 Å². The molecule has 0 aromatic rings. The van der Waals surface area contributed by atoms with Crippen LogP contribution in [0, 0.1) is 5.92 Å². The summed E-state index contributed by atoms with van der Waals surface area (Å²) in [4.78, 5) is 2.41. The lowest BCUT2D eigenvalue weighted by molar-refractivity contribution is 0.172. The molecule has 1 atom stereocenters. The first kappa shape index (κ1) is 16.4. The fourth-order valence-electron chi connectivity index (χ4n) is 3.53. The number of allylic oxidation sites excluding steroid dienone is 5. The maximum absolute atomic E-state index is 8.97. The third-order valence-electron chi connectivity index (χ3n) is 4.70. The van der Waals surface area contributed by atoms with Gasteiger partial charge in [-0.15, -0.1) is 0 Å². The molecule has 0 amide bonds. The molecule has 1 aliphatic carbocycles. The number of nitrogens with one attached hydrogen (secondary N) is 2. The van der Waals surface area contributed by atoms with E-state index in [-0.39, 0.29) is 6.32 Å². The maximum atomic E-state index is 8.97. The van der Waals surface area contributed by atoms with Gasteiger partial charge in [0.05, 0.1) is 11.4 Å². The van der Waals surface area contributed by atoms with Crippen LogP contribution >= 0.6 is 0 Å². The quantitative estimate of drug-likeness (QED) is 0.450. The lowest BCUT2D eigenvalue weighted by atomic mass is 9.86. The van der Waals surface area contributed by atoms with Gasteiger partial charge in [0.25, 0.3) is 0 Å². The standard InChI is InChI=1S/C17H26BN3O2/c22-18(23)10-4-5-13-21-16-7-3-1-2-6-15(16)20-17(21)14-8-11-19-12-9-14/h2-7,14,17,19-20,22-23H,1,8-13H2/b5-4+. The van der Waals surface area contributed by atoms with E-state index in [1.54, 1.807) is 0 Å². The van der Waals surface area contributed by atoms with E-state index in [1.165, 1.54) is 24.2 Å². The Kier molecular flexibility index (Phi) is 5.59. The minimum atomic E-state index is -1.27. The number of piperidine rings is 1. The van der Waals surface area contributed by atoms with Crippen molar-refractivity contribution < 1.29 is 10.0 Å². The molecule has 3 aliphatic rings. The third-order valence-corrected chi connectivity index (χ3v) is 4.70. The molecule has 5 nitrogen and oxygen atoms in total. The number of hydrogen-bond donors (Lipinski definition) is 4. The summed E-state index contributed by atoms with van der Waals surface area (Å²) >= 11 is 0. The highest BCUT2D eigenvalue weighted by molar-refractivity contribution is 6.41. The van der Waals surface area contributed by atoms with Gasteiger partial charge in [-0.25, -0.2) is 0 Å². The van der Waals surface area contributed by atoms with Crippen molar-refractivity contribution >= 4 is 7.12 Å². The van der Waals surface area contributed by atoms with Crippen LogP contribution in [0.15, 0.2) is 47.9 Å². The number of rotatable bonds is 5. The van der Waals surface area contributed by atoms with Crippen molar-refractivity contribution in [1.82, 2.24) is 15.5 Å². The number of nitrogens with zero attached hydrogens (tertiary/aromatic N) is 1. The molecule has 0 saturated carbocycles. The Labute approximate surface area is 138 Å². The van der Waals surface area contributed by atoms with Crippen molar-refractivity contribution in [2.75, 3.05) is 19.6 Å². The summed E-state index contributed by atoms with van der Waals surface area (Å²) in [6, 6.07) is 0.